The molecule has 0 N–H and O–H groups in total. The third kappa shape index (κ3) is 2.56. The summed E-state index contributed by atoms with van der Waals surface area (Å²) in [5.74, 6) is 3.87. The first-order chi connectivity index (χ1) is 12.7. The van der Waals surface area contributed by atoms with Gasteiger partial charge in [0.1, 0.15) is 5.82 Å². The van der Waals surface area contributed by atoms with Gasteiger partial charge in [-0.3, -0.25) is 9.20 Å². The molecular formula is C19H26N6O. The van der Waals surface area contributed by atoms with Crippen molar-refractivity contribution in [3.63, 3.8) is 0 Å². The third-order valence-electron chi connectivity index (χ3n) is 6.66. The molecule has 7 heteroatoms. The SMILES string of the molecule is Cc1nnc2c(N3CCC(C(=O)N4CC5CCCC5C4)CC3)nccn12. The zero-order valence-corrected chi connectivity index (χ0v) is 15.3. The molecule has 2 saturated heterocycles. The highest BCUT2D eigenvalue weighted by atomic mass is 16.2. The van der Waals surface area contributed by atoms with Gasteiger partial charge in [0.25, 0.3) is 0 Å². The van der Waals surface area contributed by atoms with Gasteiger partial charge in [-0.15, -0.1) is 10.2 Å². The van der Waals surface area contributed by atoms with Gasteiger partial charge in [-0.2, -0.15) is 0 Å². The van der Waals surface area contributed by atoms with E-state index in [4.69, 9.17) is 0 Å². The number of fused-ring (bicyclic) bond motifs is 2. The van der Waals surface area contributed by atoms with Crippen molar-refractivity contribution in [2.45, 2.75) is 39.0 Å². The maximum Gasteiger partial charge on any atom is 0.225 e. The van der Waals surface area contributed by atoms with Crippen LogP contribution in [0, 0.1) is 24.7 Å². The Labute approximate surface area is 153 Å². The molecule has 2 atom stereocenters. The molecule has 3 aliphatic rings. The summed E-state index contributed by atoms with van der Waals surface area (Å²) in [5, 5.41) is 8.44. The minimum atomic E-state index is 0.171. The number of carbonyl (C=O) groups is 1. The monoisotopic (exact) mass is 354 g/mol. The van der Waals surface area contributed by atoms with Crippen molar-refractivity contribution in [3.8, 4) is 0 Å². The maximum atomic E-state index is 13.0. The zero-order valence-electron chi connectivity index (χ0n) is 15.3. The van der Waals surface area contributed by atoms with Crippen LogP contribution in [0.4, 0.5) is 5.82 Å². The van der Waals surface area contributed by atoms with Crippen LogP contribution in [0.5, 0.6) is 0 Å². The molecule has 5 rings (SSSR count). The molecule has 1 saturated carbocycles. The molecule has 0 bridgehead atoms. The number of anilines is 1. The van der Waals surface area contributed by atoms with Gasteiger partial charge in [0.2, 0.25) is 11.6 Å². The number of piperidine rings is 1. The van der Waals surface area contributed by atoms with Gasteiger partial charge >= 0.3 is 0 Å². The van der Waals surface area contributed by atoms with Crippen LogP contribution in [0.3, 0.4) is 0 Å². The van der Waals surface area contributed by atoms with Crippen molar-refractivity contribution in [1.82, 2.24) is 24.5 Å². The molecule has 2 aromatic rings. The average molecular weight is 354 g/mol. The minimum absolute atomic E-state index is 0.171. The number of carbonyl (C=O) groups excluding carboxylic acids is 1. The van der Waals surface area contributed by atoms with Crippen LogP contribution in [0.25, 0.3) is 5.65 Å². The number of aryl methyl sites for hydroxylation is 1. The number of hydrogen-bond donors (Lipinski definition) is 0. The van der Waals surface area contributed by atoms with Gasteiger partial charge in [-0.05, 0) is 44.4 Å². The fourth-order valence-electron chi connectivity index (χ4n) is 5.16. The Balaban J connectivity index is 1.25. The van der Waals surface area contributed by atoms with Gasteiger partial charge in [-0.1, -0.05) is 6.42 Å². The van der Waals surface area contributed by atoms with Crippen molar-refractivity contribution in [2.75, 3.05) is 31.1 Å². The van der Waals surface area contributed by atoms with Crippen LogP contribution >= 0.6 is 0 Å². The molecule has 0 spiro atoms. The lowest BCUT2D eigenvalue weighted by Gasteiger charge is -2.34. The molecule has 26 heavy (non-hydrogen) atoms. The standard InChI is InChI=1S/C19H26N6O/c1-13-21-22-18-17(20-7-10-25(13)18)23-8-5-14(6-9-23)19(26)24-11-15-3-2-4-16(15)12-24/h7,10,14-16H,2-6,8-9,11-12H2,1H3. The van der Waals surface area contributed by atoms with E-state index in [1.54, 1.807) is 6.20 Å². The maximum absolute atomic E-state index is 13.0. The Bertz CT molecular complexity index is 813. The smallest absolute Gasteiger partial charge is 0.225 e. The van der Waals surface area contributed by atoms with Crippen molar-refractivity contribution in [1.29, 1.82) is 0 Å². The number of rotatable bonds is 2. The predicted molar refractivity (Wildman–Crippen MR) is 97.9 cm³/mol. The van der Waals surface area contributed by atoms with E-state index in [1.165, 1.54) is 19.3 Å². The number of likely N-dealkylation sites (tertiary alicyclic amines) is 1. The van der Waals surface area contributed by atoms with Crippen molar-refractivity contribution in [3.05, 3.63) is 18.2 Å². The number of aromatic nitrogens is 4. The summed E-state index contributed by atoms with van der Waals surface area (Å²) >= 11 is 0. The number of nitrogens with zero attached hydrogens (tertiary/aromatic N) is 6. The highest BCUT2D eigenvalue weighted by Gasteiger charge is 2.40. The Morgan fingerprint density at radius 1 is 1.08 bits per heavy atom. The third-order valence-corrected chi connectivity index (χ3v) is 6.66. The Kier molecular flexibility index (Phi) is 3.83. The normalized spacial score (nSPS) is 26.7. The van der Waals surface area contributed by atoms with Gasteiger partial charge < -0.3 is 9.80 Å². The molecule has 138 valence electrons. The first-order valence-corrected chi connectivity index (χ1v) is 9.91. The Morgan fingerprint density at radius 2 is 1.81 bits per heavy atom. The summed E-state index contributed by atoms with van der Waals surface area (Å²) in [5.41, 5.74) is 0.808. The van der Waals surface area contributed by atoms with Crippen LogP contribution in [-0.4, -0.2) is 56.6 Å². The summed E-state index contributed by atoms with van der Waals surface area (Å²) in [6.45, 7) is 5.67. The van der Waals surface area contributed by atoms with E-state index in [-0.39, 0.29) is 5.92 Å². The summed E-state index contributed by atoms with van der Waals surface area (Å²) in [6, 6.07) is 0. The molecule has 1 aliphatic carbocycles. The van der Waals surface area contributed by atoms with E-state index in [0.717, 1.165) is 68.1 Å². The van der Waals surface area contributed by atoms with Crippen molar-refractivity contribution < 1.29 is 4.79 Å². The second-order valence-corrected chi connectivity index (χ2v) is 8.15. The summed E-state index contributed by atoms with van der Waals surface area (Å²) in [6.07, 6.45) is 9.51. The van der Waals surface area contributed by atoms with E-state index in [9.17, 15) is 4.79 Å². The second-order valence-electron chi connectivity index (χ2n) is 8.15. The summed E-state index contributed by atoms with van der Waals surface area (Å²) in [4.78, 5) is 21.9. The number of amides is 1. The lowest BCUT2D eigenvalue weighted by Crippen LogP contribution is -2.42. The fraction of sp³-hybridized carbons (Fsp3) is 0.684. The van der Waals surface area contributed by atoms with Gasteiger partial charge in [-0.25, -0.2) is 4.98 Å². The molecule has 7 nitrogen and oxygen atoms in total. The van der Waals surface area contributed by atoms with Crippen LogP contribution in [-0.2, 0) is 4.79 Å². The van der Waals surface area contributed by atoms with E-state index >= 15 is 0 Å². The van der Waals surface area contributed by atoms with E-state index in [0.29, 0.717) is 5.91 Å². The van der Waals surface area contributed by atoms with Crippen molar-refractivity contribution >= 4 is 17.4 Å². The first kappa shape index (κ1) is 16.0. The molecule has 2 unspecified atom stereocenters. The molecule has 0 aromatic carbocycles. The average Bonchev–Trinajstić information content (AvgIpc) is 3.36. The molecule has 4 heterocycles. The Hall–Kier alpha value is -2.18. The van der Waals surface area contributed by atoms with E-state index in [1.807, 2.05) is 17.5 Å². The lowest BCUT2D eigenvalue weighted by molar-refractivity contribution is -0.135. The second kappa shape index (κ2) is 6.21. The van der Waals surface area contributed by atoms with Crippen LogP contribution < -0.4 is 4.90 Å². The van der Waals surface area contributed by atoms with Crippen LogP contribution in [0.1, 0.15) is 37.9 Å². The quantitative estimate of drug-likeness (QED) is 0.824. The fourth-order valence-corrected chi connectivity index (χ4v) is 5.16. The Morgan fingerprint density at radius 3 is 2.54 bits per heavy atom. The molecular weight excluding hydrogens is 328 g/mol. The topological polar surface area (TPSA) is 66.6 Å². The molecule has 2 aliphatic heterocycles. The molecule has 3 fully saturated rings. The van der Waals surface area contributed by atoms with Crippen LogP contribution in [0.15, 0.2) is 12.4 Å². The van der Waals surface area contributed by atoms with E-state index in [2.05, 4.69) is 25.0 Å². The summed E-state index contributed by atoms with van der Waals surface area (Å²) in [7, 11) is 0. The highest BCUT2D eigenvalue weighted by Crippen LogP contribution is 2.38. The molecule has 0 radical (unpaired) electrons. The van der Waals surface area contributed by atoms with E-state index < -0.39 is 0 Å². The van der Waals surface area contributed by atoms with Gasteiger partial charge in [0.15, 0.2) is 5.82 Å². The molecule has 1 amide bonds. The largest absolute Gasteiger partial charge is 0.353 e. The van der Waals surface area contributed by atoms with Gasteiger partial charge in [0, 0.05) is 44.5 Å². The lowest BCUT2D eigenvalue weighted by atomic mass is 9.95. The first-order valence-electron chi connectivity index (χ1n) is 9.91. The number of hydrogen-bond acceptors (Lipinski definition) is 5. The minimum Gasteiger partial charge on any atom is -0.353 e. The summed E-state index contributed by atoms with van der Waals surface area (Å²) < 4.78 is 1.97. The van der Waals surface area contributed by atoms with Crippen molar-refractivity contribution in [2.24, 2.45) is 17.8 Å². The highest BCUT2D eigenvalue weighted by molar-refractivity contribution is 5.79. The zero-order chi connectivity index (χ0) is 17.7. The predicted octanol–water partition coefficient (Wildman–Crippen LogP) is 1.91. The molecule has 2 aromatic heterocycles. The van der Waals surface area contributed by atoms with Crippen LogP contribution in [0.2, 0.25) is 0 Å². The van der Waals surface area contributed by atoms with Gasteiger partial charge in [0.05, 0.1) is 0 Å².